The number of fused-ring (bicyclic) bond motifs is 6. The minimum absolute atomic E-state index is 0.0615. The highest BCUT2D eigenvalue weighted by atomic mass is 16.5. The average Bonchev–Trinajstić information content (AvgIpc) is 3.82. The van der Waals surface area contributed by atoms with Crippen LogP contribution in [0.2, 0.25) is 0 Å². The normalized spacial score (nSPS) is 36.4. The Morgan fingerprint density at radius 2 is 0.828 bits per heavy atom. The fourth-order valence-electron chi connectivity index (χ4n) is 15.7. The van der Waals surface area contributed by atoms with Crippen molar-refractivity contribution in [3.63, 3.8) is 0 Å². The molecule has 8 aliphatic carbocycles. The van der Waals surface area contributed by atoms with Crippen LogP contribution < -0.4 is 0 Å². The monoisotopic (exact) mass is 755 g/mol. The standard InChI is InChI=1S/C54H49N3O/c1-3-8-34(9-4-1)38-12-7-13-40(25-38)51-56-49(36-10-5-2-6-11-36)55-50(57-51)37-16-14-35(15-17-37)39-18-19-47-48(26-39)53(43-21-32-20-33(23-43)24-44(53)22-32)58-54(47)45-28-41-27-42-29-46(54)31-52(41,42)30-45/h1-19,25-26,32-33,41-46H,20-24,27-31H2. The quantitative estimate of drug-likeness (QED) is 0.176. The van der Waals surface area contributed by atoms with Gasteiger partial charge in [-0.25, -0.2) is 15.0 Å². The van der Waals surface area contributed by atoms with Crippen molar-refractivity contribution in [1.29, 1.82) is 0 Å². The molecule has 4 unspecified atom stereocenters. The van der Waals surface area contributed by atoms with Crippen molar-refractivity contribution in [3.05, 3.63) is 139 Å². The molecule has 4 nitrogen and oxygen atoms in total. The molecule has 7 bridgehead atoms. The first-order valence-corrected chi connectivity index (χ1v) is 22.5. The molecule has 0 saturated heterocycles. The molecule has 8 saturated carbocycles. The Bertz CT molecular complexity index is 2580. The summed E-state index contributed by atoms with van der Waals surface area (Å²) in [7, 11) is 0. The SMILES string of the molecule is c1ccc(-c2cccc(-c3nc(-c4ccccc4)nc(-c4ccc(-c5ccc6c(c5)C5(OC67C6CC8CC9CC7CC89C6)C6CC7CC(C6)CC5C7)cc4)n3)c2)cc1. The third-order valence-corrected chi connectivity index (χ3v) is 17.7. The molecule has 0 N–H and O–H groups in total. The maximum Gasteiger partial charge on any atom is 0.164 e. The van der Waals surface area contributed by atoms with Crippen molar-refractivity contribution in [2.24, 2.45) is 52.8 Å². The van der Waals surface area contributed by atoms with E-state index < -0.39 is 0 Å². The highest BCUT2D eigenvalue weighted by Gasteiger charge is 2.78. The summed E-state index contributed by atoms with van der Waals surface area (Å²) in [6.45, 7) is 0. The smallest absolute Gasteiger partial charge is 0.164 e. The van der Waals surface area contributed by atoms with Gasteiger partial charge in [-0.15, -0.1) is 0 Å². The number of ether oxygens (including phenoxy) is 1. The lowest BCUT2D eigenvalue weighted by Crippen LogP contribution is -2.57. The first-order valence-electron chi connectivity index (χ1n) is 22.5. The highest BCUT2D eigenvalue weighted by molar-refractivity contribution is 5.74. The number of nitrogens with zero attached hydrogens (tertiary/aromatic N) is 3. The van der Waals surface area contributed by atoms with Gasteiger partial charge in [-0.05, 0) is 162 Å². The van der Waals surface area contributed by atoms with E-state index in [4.69, 9.17) is 19.7 Å². The summed E-state index contributed by atoms with van der Waals surface area (Å²) < 4.78 is 8.22. The number of benzene rings is 5. The van der Waals surface area contributed by atoms with Crippen LogP contribution in [0.5, 0.6) is 0 Å². The number of hydrogen-bond acceptors (Lipinski definition) is 4. The summed E-state index contributed by atoms with van der Waals surface area (Å²) in [4.78, 5) is 15.3. The van der Waals surface area contributed by atoms with E-state index in [0.717, 1.165) is 45.9 Å². The predicted molar refractivity (Wildman–Crippen MR) is 228 cm³/mol. The maximum atomic E-state index is 8.22. The largest absolute Gasteiger partial charge is 0.358 e. The first-order chi connectivity index (χ1) is 28.6. The number of aromatic nitrogens is 3. The van der Waals surface area contributed by atoms with E-state index >= 15 is 0 Å². The molecular weight excluding hydrogens is 707 g/mol. The van der Waals surface area contributed by atoms with E-state index in [1.165, 1.54) is 80.9 Å². The third-order valence-electron chi connectivity index (χ3n) is 17.7. The fraction of sp³-hybridized carbons (Fsp3) is 0.389. The second-order valence-corrected chi connectivity index (χ2v) is 20.1. The molecule has 3 spiro atoms. The third kappa shape index (κ3) is 4.32. The van der Waals surface area contributed by atoms with Gasteiger partial charge >= 0.3 is 0 Å². The molecule has 1 aliphatic heterocycles. The zero-order chi connectivity index (χ0) is 37.8. The lowest BCUT2D eigenvalue weighted by molar-refractivity contribution is -0.281. The molecule has 8 fully saturated rings. The highest BCUT2D eigenvalue weighted by Crippen LogP contribution is 2.82. The molecule has 6 aromatic rings. The lowest BCUT2D eigenvalue weighted by Gasteiger charge is -2.61. The zero-order valence-corrected chi connectivity index (χ0v) is 33.1. The van der Waals surface area contributed by atoms with Crippen LogP contribution in [-0.4, -0.2) is 15.0 Å². The summed E-state index contributed by atoms with van der Waals surface area (Å²) in [5.41, 5.74) is 11.6. The van der Waals surface area contributed by atoms with E-state index in [9.17, 15) is 0 Å². The second-order valence-electron chi connectivity index (χ2n) is 20.1. The number of rotatable bonds is 5. The van der Waals surface area contributed by atoms with Crippen LogP contribution in [0.25, 0.3) is 56.4 Å². The van der Waals surface area contributed by atoms with Gasteiger partial charge in [0.1, 0.15) is 11.2 Å². The molecule has 58 heavy (non-hydrogen) atoms. The Morgan fingerprint density at radius 3 is 1.48 bits per heavy atom. The molecule has 15 rings (SSSR count). The van der Waals surface area contributed by atoms with E-state index in [1.807, 2.05) is 18.2 Å². The molecule has 1 aromatic heterocycles. The maximum absolute atomic E-state index is 8.22. The molecular formula is C54H49N3O. The Hall–Kier alpha value is -4.93. The molecule has 2 heterocycles. The summed E-state index contributed by atoms with van der Waals surface area (Å²) in [5, 5.41) is 0. The predicted octanol–water partition coefficient (Wildman–Crippen LogP) is 12.5. The van der Waals surface area contributed by atoms with Crippen LogP contribution in [0.3, 0.4) is 0 Å². The molecule has 286 valence electrons. The van der Waals surface area contributed by atoms with Crippen LogP contribution in [-0.2, 0) is 15.9 Å². The molecule has 4 atom stereocenters. The molecule has 9 aliphatic rings. The minimum atomic E-state index is -0.0962. The van der Waals surface area contributed by atoms with Crippen molar-refractivity contribution < 1.29 is 4.74 Å². The lowest BCUT2D eigenvalue weighted by atomic mass is 9.48. The average molecular weight is 756 g/mol. The molecule has 5 aromatic carbocycles. The summed E-state index contributed by atoms with van der Waals surface area (Å²) >= 11 is 0. The van der Waals surface area contributed by atoms with Crippen molar-refractivity contribution >= 4 is 0 Å². The van der Waals surface area contributed by atoms with Crippen molar-refractivity contribution in [3.8, 4) is 56.4 Å². The fourth-order valence-corrected chi connectivity index (χ4v) is 15.7. The van der Waals surface area contributed by atoms with Gasteiger partial charge in [0.2, 0.25) is 0 Å². The molecule has 4 heteroatoms. The van der Waals surface area contributed by atoms with Crippen LogP contribution in [0.15, 0.2) is 127 Å². The van der Waals surface area contributed by atoms with Crippen LogP contribution in [0, 0.1) is 52.8 Å². The van der Waals surface area contributed by atoms with Crippen LogP contribution >= 0.6 is 0 Å². The number of hydrogen-bond donors (Lipinski definition) is 0. The van der Waals surface area contributed by atoms with E-state index in [1.54, 1.807) is 11.1 Å². The van der Waals surface area contributed by atoms with Gasteiger partial charge in [0, 0.05) is 16.7 Å². The first kappa shape index (κ1) is 33.0. The van der Waals surface area contributed by atoms with Gasteiger partial charge in [0.15, 0.2) is 17.5 Å². The Morgan fingerprint density at radius 1 is 0.362 bits per heavy atom. The Labute approximate surface area is 341 Å². The Balaban J connectivity index is 0.860. The van der Waals surface area contributed by atoms with E-state index in [0.29, 0.717) is 46.6 Å². The van der Waals surface area contributed by atoms with E-state index in [2.05, 4.69) is 109 Å². The van der Waals surface area contributed by atoms with Crippen LogP contribution in [0.4, 0.5) is 0 Å². The van der Waals surface area contributed by atoms with Gasteiger partial charge in [-0.2, -0.15) is 0 Å². The van der Waals surface area contributed by atoms with Crippen molar-refractivity contribution in [2.75, 3.05) is 0 Å². The van der Waals surface area contributed by atoms with Gasteiger partial charge in [0.05, 0.1) is 0 Å². The molecule has 0 amide bonds. The summed E-state index contributed by atoms with van der Waals surface area (Å²) in [6.07, 6.45) is 14.2. The topological polar surface area (TPSA) is 47.9 Å². The van der Waals surface area contributed by atoms with E-state index in [-0.39, 0.29) is 11.2 Å². The molecule has 0 radical (unpaired) electrons. The van der Waals surface area contributed by atoms with Gasteiger partial charge in [0.25, 0.3) is 0 Å². The zero-order valence-electron chi connectivity index (χ0n) is 33.1. The summed E-state index contributed by atoms with van der Waals surface area (Å²) in [6, 6.07) is 46.1. The van der Waals surface area contributed by atoms with Gasteiger partial charge < -0.3 is 4.74 Å². The van der Waals surface area contributed by atoms with Gasteiger partial charge in [-0.3, -0.25) is 0 Å². The van der Waals surface area contributed by atoms with Crippen molar-refractivity contribution in [2.45, 2.75) is 75.4 Å². The van der Waals surface area contributed by atoms with Crippen LogP contribution in [0.1, 0.15) is 75.3 Å². The summed E-state index contributed by atoms with van der Waals surface area (Å²) in [5.74, 6) is 8.59. The minimum Gasteiger partial charge on any atom is -0.358 e. The second kappa shape index (κ2) is 11.6. The Kier molecular flexibility index (Phi) is 6.61. The van der Waals surface area contributed by atoms with Gasteiger partial charge in [-0.1, -0.05) is 115 Å². The van der Waals surface area contributed by atoms with Crippen molar-refractivity contribution in [1.82, 2.24) is 15.0 Å².